The van der Waals surface area contributed by atoms with E-state index in [1.165, 1.54) is 41.9 Å². The lowest BCUT2D eigenvalue weighted by molar-refractivity contribution is 0.764. The first-order valence-electron chi connectivity index (χ1n) is 7.26. The average Bonchev–Trinajstić information content (AvgIpc) is 3.07. The van der Waals surface area contributed by atoms with Crippen molar-refractivity contribution in [1.29, 1.82) is 0 Å². The van der Waals surface area contributed by atoms with Crippen LogP contribution in [0.2, 0.25) is 0 Å². The number of aryl methyl sites for hydroxylation is 1. The topological polar surface area (TPSA) is 36.1 Å². The maximum absolute atomic E-state index is 3.57. The third-order valence-corrected chi connectivity index (χ3v) is 5.11. The zero-order valence-electron chi connectivity index (χ0n) is 11.6. The van der Waals surface area contributed by atoms with Gasteiger partial charge in [0.25, 0.3) is 0 Å². The molecule has 3 nitrogen and oxygen atoms in total. The smallest absolute Gasteiger partial charge is 0.0684 e. The van der Waals surface area contributed by atoms with E-state index in [-0.39, 0.29) is 0 Å². The Morgan fingerprint density at radius 3 is 2.05 bits per heavy atom. The summed E-state index contributed by atoms with van der Waals surface area (Å²) in [5, 5.41) is 19.6. The fourth-order valence-corrected chi connectivity index (χ4v) is 4.05. The Morgan fingerprint density at radius 2 is 1.25 bits per heavy atom. The third-order valence-electron chi connectivity index (χ3n) is 3.58. The van der Waals surface area contributed by atoms with Crippen LogP contribution in [0.5, 0.6) is 0 Å². The third kappa shape index (κ3) is 3.46. The first kappa shape index (κ1) is 13.8. The molecule has 108 valence electrons. The molecule has 2 aromatic rings. The van der Waals surface area contributed by atoms with Gasteiger partial charge in [-0.15, -0.1) is 22.7 Å². The normalized spacial score (nSPS) is 16.8. The molecule has 0 fully saturated rings. The van der Waals surface area contributed by atoms with Crippen LogP contribution in [0.25, 0.3) is 0 Å². The lowest BCUT2D eigenvalue weighted by Gasteiger charge is -2.13. The SMILES string of the molecule is c1scc2c1CCCCNc1cscc1NCCCN2. The Balaban J connectivity index is 1.63. The van der Waals surface area contributed by atoms with Crippen molar-refractivity contribution in [1.82, 2.24) is 0 Å². The van der Waals surface area contributed by atoms with Crippen molar-refractivity contribution in [2.45, 2.75) is 25.7 Å². The zero-order valence-corrected chi connectivity index (χ0v) is 13.2. The van der Waals surface area contributed by atoms with Gasteiger partial charge in [-0.25, -0.2) is 0 Å². The Kier molecular flexibility index (Phi) is 4.82. The predicted molar refractivity (Wildman–Crippen MR) is 91.7 cm³/mol. The van der Waals surface area contributed by atoms with Crippen LogP contribution in [-0.4, -0.2) is 19.6 Å². The predicted octanol–water partition coefficient (Wildman–Crippen LogP) is 4.47. The molecule has 3 heterocycles. The van der Waals surface area contributed by atoms with Gasteiger partial charge in [0.2, 0.25) is 0 Å². The van der Waals surface area contributed by atoms with E-state index < -0.39 is 0 Å². The highest BCUT2D eigenvalue weighted by atomic mass is 32.1. The Hall–Kier alpha value is -1.20. The van der Waals surface area contributed by atoms with Crippen molar-refractivity contribution in [3.05, 3.63) is 27.1 Å². The van der Waals surface area contributed by atoms with Crippen molar-refractivity contribution in [3.63, 3.8) is 0 Å². The van der Waals surface area contributed by atoms with Crippen LogP contribution >= 0.6 is 22.7 Å². The average molecular weight is 307 g/mol. The molecule has 0 unspecified atom stereocenters. The Bertz CT molecular complexity index is 443. The molecule has 0 spiro atoms. The molecule has 0 bridgehead atoms. The standard InChI is InChI=1S/C15H21N3S2/c1-2-5-17-14-10-20-11-15(14)18-7-3-6-16-13-9-19-8-12(13)4-1/h8-11,16-18H,1-7H2. The van der Waals surface area contributed by atoms with Crippen molar-refractivity contribution >= 4 is 39.7 Å². The summed E-state index contributed by atoms with van der Waals surface area (Å²) in [5.41, 5.74) is 5.34. The lowest BCUT2D eigenvalue weighted by Crippen LogP contribution is -2.11. The minimum Gasteiger partial charge on any atom is -0.384 e. The second-order valence-corrected chi connectivity index (χ2v) is 6.59. The summed E-state index contributed by atoms with van der Waals surface area (Å²) in [6.07, 6.45) is 4.77. The van der Waals surface area contributed by atoms with Gasteiger partial charge in [-0.05, 0) is 36.6 Å². The zero-order chi connectivity index (χ0) is 13.6. The van der Waals surface area contributed by atoms with E-state index in [4.69, 9.17) is 0 Å². The van der Waals surface area contributed by atoms with Gasteiger partial charge in [0, 0.05) is 41.5 Å². The number of thiophene rings is 2. The summed E-state index contributed by atoms with van der Waals surface area (Å²) in [4.78, 5) is 0. The van der Waals surface area contributed by atoms with Gasteiger partial charge in [-0.1, -0.05) is 0 Å². The van der Waals surface area contributed by atoms with Crippen LogP contribution in [0, 0.1) is 0 Å². The second-order valence-electron chi connectivity index (χ2n) is 5.10. The lowest BCUT2D eigenvalue weighted by atomic mass is 10.1. The molecule has 0 aliphatic carbocycles. The fourth-order valence-electron chi connectivity index (χ4n) is 2.44. The van der Waals surface area contributed by atoms with Crippen LogP contribution < -0.4 is 16.0 Å². The van der Waals surface area contributed by atoms with Gasteiger partial charge in [-0.2, -0.15) is 0 Å². The first-order valence-corrected chi connectivity index (χ1v) is 9.15. The number of hydrogen-bond donors (Lipinski definition) is 3. The largest absolute Gasteiger partial charge is 0.384 e. The highest BCUT2D eigenvalue weighted by molar-refractivity contribution is 7.09. The van der Waals surface area contributed by atoms with Crippen LogP contribution in [0.15, 0.2) is 21.5 Å². The Labute approximate surface area is 128 Å². The van der Waals surface area contributed by atoms with Crippen LogP contribution in [0.3, 0.4) is 0 Å². The van der Waals surface area contributed by atoms with E-state index in [9.17, 15) is 0 Å². The van der Waals surface area contributed by atoms with E-state index >= 15 is 0 Å². The van der Waals surface area contributed by atoms with Gasteiger partial charge in [-0.3, -0.25) is 0 Å². The number of fused-ring (bicyclic) bond motifs is 2. The van der Waals surface area contributed by atoms with E-state index in [0.717, 1.165) is 26.1 Å². The molecule has 0 saturated heterocycles. The van der Waals surface area contributed by atoms with Gasteiger partial charge < -0.3 is 16.0 Å². The van der Waals surface area contributed by atoms with Crippen molar-refractivity contribution in [2.75, 3.05) is 35.6 Å². The fraction of sp³-hybridized carbons (Fsp3) is 0.467. The van der Waals surface area contributed by atoms with Crippen molar-refractivity contribution in [3.8, 4) is 0 Å². The molecule has 5 heteroatoms. The summed E-state index contributed by atoms with van der Waals surface area (Å²) in [6, 6.07) is 0. The van der Waals surface area contributed by atoms with Gasteiger partial charge >= 0.3 is 0 Å². The summed E-state index contributed by atoms with van der Waals surface area (Å²) < 4.78 is 0. The van der Waals surface area contributed by atoms with Crippen molar-refractivity contribution in [2.24, 2.45) is 0 Å². The molecule has 20 heavy (non-hydrogen) atoms. The molecule has 2 aromatic heterocycles. The number of hydrogen-bond acceptors (Lipinski definition) is 5. The van der Waals surface area contributed by atoms with Gasteiger partial charge in [0.15, 0.2) is 0 Å². The maximum atomic E-state index is 3.57. The maximum Gasteiger partial charge on any atom is 0.0684 e. The second kappa shape index (κ2) is 6.99. The van der Waals surface area contributed by atoms with E-state index in [0.29, 0.717) is 0 Å². The molecule has 1 aliphatic rings. The highest BCUT2D eigenvalue weighted by Crippen LogP contribution is 2.27. The van der Waals surface area contributed by atoms with Crippen LogP contribution in [0.1, 0.15) is 24.8 Å². The van der Waals surface area contributed by atoms with Crippen LogP contribution in [-0.2, 0) is 6.42 Å². The van der Waals surface area contributed by atoms with Gasteiger partial charge in [0.1, 0.15) is 0 Å². The Morgan fingerprint density at radius 1 is 0.650 bits per heavy atom. The molecule has 0 amide bonds. The van der Waals surface area contributed by atoms with E-state index in [1.54, 1.807) is 22.7 Å². The summed E-state index contributed by atoms with van der Waals surface area (Å²) >= 11 is 3.56. The van der Waals surface area contributed by atoms with E-state index in [2.05, 4.69) is 37.5 Å². The quantitative estimate of drug-likeness (QED) is 0.672. The monoisotopic (exact) mass is 307 g/mol. The molecule has 0 aromatic carbocycles. The van der Waals surface area contributed by atoms with E-state index in [1.807, 2.05) is 0 Å². The first-order chi connectivity index (χ1) is 9.93. The molecular weight excluding hydrogens is 286 g/mol. The summed E-state index contributed by atoms with van der Waals surface area (Å²) in [7, 11) is 0. The summed E-state index contributed by atoms with van der Waals surface area (Å²) in [5.74, 6) is 0. The van der Waals surface area contributed by atoms with Crippen molar-refractivity contribution < 1.29 is 0 Å². The molecule has 3 N–H and O–H groups in total. The molecule has 0 saturated carbocycles. The molecular formula is C15H21N3S2. The number of nitrogens with one attached hydrogen (secondary N) is 3. The molecule has 3 rings (SSSR count). The van der Waals surface area contributed by atoms with Gasteiger partial charge in [0.05, 0.1) is 11.4 Å². The minimum atomic E-state index is 1.01. The highest BCUT2D eigenvalue weighted by Gasteiger charge is 2.06. The number of anilines is 3. The van der Waals surface area contributed by atoms with Crippen LogP contribution in [0.4, 0.5) is 17.1 Å². The number of rotatable bonds is 0. The molecule has 0 radical (unpaired) electrons. The molecule has 0 atom stereocenters. The minimum absolute atomic E-state index is 1.01. The molecule has 1 aliphatic heterocycles. The summed E-state index contributed by atoms with van der Waals surface area (Å²) in [6.45, 7) is 3.10.